The van der Waals surface area contributed by atoms with Crippen LogP contribution in [0.2, 0.25) is 0 Å². The highest BCUT2D eigenvalue weighted by molar-refractivity contribution is 9.10. The summed E-state index contributed by atoms with van der Waals surface area (Å²) in [6.07, 6.45) is 1.70. The molecule has 0 unspecified atom stereocenters. The van der Waals surface area contributed by atoms with Crippen LogP contribution in [0.1, 0.15) is 28.6 Å². The Morgan fingerprint density at radius 2 is 1.93 bits per heavy atom. The second kappa shape index (κ2) is 8.52. The molecule has 134 valence electrons. The number of nitrogens with zero attached hydrogens (tertiary/aromatic N) is 1. The van der Waals surface area contributed by atoms with E-state index in [9.17, 15) is 10.1 Å². The van der Waals surface area contributed by atoms with Crippen molar-refractivity contribution >= 4 is 33.5 Å². The Morgan fingerprint density at radius 3 is 2.63 bits per heavy atom. The molecule has 0 fully saturated rings. The van der Waals surface area contributed by atoms with Crippen LogP contribution in [0.3, 0.4) is 0 Å². The molecule has 0 N–H and O–H groups in total. The molecule has 3 rings (SSSR count). The zero-order valence-corrected chi connectivity index (χ0v) is 16.2. The maximum atomic E-state index is 11.9. The molecule has 1 heterocycles. The molecule has 0 amide bonds. The lowest BCUT2D eigenvalue weighted by Gasteiger charge is -2.03. The number of benzene rings is 2. The highest BCUT2D eigenvalue weighted by atomic mass is 79.9. The molecule has 0 saturated heterocycles. The first-order valence-electron chi connectivity index (χ1n) is 8.36. The van der Waals surface area contributed by atoms with Gasteiger partial charge in [-0.15, -0.1) is 0 Å². The third-order valence-corrected chi connectivity index (χ3v) is 4.38. The van der Waals surface area contributed by atoms with E-state index >= 15 is 0 Å². The molecule has 0 saturated carbocycles. The zero-order valence-electron chi connectivity index (χ0n) is 14.6. The van der Waals surface area contributed by atoms with Gasteiger partial charge in [-0.3, -0.25) is 0 Å². The summed E-state index contributed by atoms with van der Waals surface area (Å²) >= 11 is 3.38. The van der Waals surface area contributed by atoms with Crippen molar-refractivity contribution in [3.63, 3.8) is 0 Å². The van der Waals surface area contributed by atoms with Gasteiger partial charge in [-0.2, -0.15) is 5.26 Å². The molecule has 5 heteroatoms. The molecular weight excluding hydrogens is 406 g/mol. The van der Waals surface area contributed by atoms with E-state index in [4.69, 9.17) is 9.15 Å². The van der Waals surface area contributed by atoms with E-state index in [2.05, 4.69) is 22.0 Å². The lowest BCUT2D eigenvalue weighted by Crippen LogP contribution is -2.04. The molecule has 0 radical (unpaired) electrons. The molecule has 1 aromatic heterocycles. The van der Waals surface area contributed by atoms with Gasteiger partial charge in [0.15, 0.2) is 0 Å². The van der Waals surface area contributed by atoms with E-state index < -0.39 is 0 Å². The second-order valence-corrected chi connectivity index (χ2v) is 6.60. The predicted molar refractivity (Wildman–Crippen MR) is 108 cm³/mol. The molecule has 0 aliphatic carbocycles. The van der Waals surface area contributed by atoms with Crippen LogP contribution in [0.25, 0.3) is 23.0 Å². The van der Waals surface area contributed by atoms with Crippen molar-refractivity contribution in [2.24, 2.45) is 0 Å². The number of hydrogen-bond donors (Lipinski definition) is 0. The van der Waals surface area contributed by atoms with Crippen LogP contribution in [-0.2, 0) is 4.74 Å². The molecule has 0 aliphatic heterocycles. The van der Waals surface area contributed by atoms with Crippen LogP contribution in [0.4, 0.5) is 0 Å². The van der Waals surface area contributed by atoms with Gasteiger partial charge in [0.2, 0.25) is 0 Å². The summed E-state index contributed by atoms with van der Waals surface area (Å²) in [7, 11) is 0. The van der Waals surface area contributed by atoms with Gasteiger partial charge in [0.1, 0.15) is 11.5 Å². The van der Waals surface area contributed by atoms with Crippen molar-refractivity contribution < 1.29 is 13.9 Å². The molecule has 0 atom stereocenters. The Hall–Kier alpha value is -3.10. The summed E-state index contributed by atoms with van der Waals surface area (Å²) in [6.45, 7) is 2.09. The highest BCUT2D eigenvalue weighted by Crippen LogP contribution is 2.26. The van der Waals surface area contributed by atoms with Crippen LogP contribution in [0, 0.1) is 11.3 Å². The fourth-order valence-electron chi connectivity index (χ4n) is 2.55. The van der Waals surface area contributed by atoms with Gasteiger partial charge in [0.05, 0.1) is 23.8 Å². The fraction of sp³-hybridized carbons (Fsp3) is 0.0909. The number of halogens is 1. The van der Waals surface area contributed by atoms with Crippen molar-refractivity contribution in [1.29, 1.82) is 5.26 Å². The number of allylic oxidation sites excluding steroid dienone is 1. The number of carbonyl (C=O) groups excluding carboxylic acids is 1. The Kier molecular flexibility index (Phi) is 5.90. The van der Waals surface area contributed by atoms with Gasteiger partial charge in [0.25, 0.3) is 0 Å². The van der Waals surface area contributed by atoms with E-state index in [-0.39, 0.29) is 5.97 Å². The first-order valence-corrected chi connectivity index (χ1v) is 9.15. The van der Waals surface area contributed by atoms with Crippen molar-refractivity contribution in [2.45, 2.75) is 6.92 Å². The minimum absolute atomic E-state index is 0.325. The minimum Gasteiger partial charge on any atom is -0.462 e. The van der Waals surface area contributed by atoms with Gasteiger partial charge in [-0.25, -0.2) is 4.79 Å². The first kappa shape index (κ1) is 18.7. The van der Waals surface area contributed by atoms with Crippen LogP contribution in [-0.4, -0.2) is 12.6 Å². The Morgan fingerprint density at radius 1 is 1.15 bits per heavy atom. The molecule has 0 aliphatic rings. The molecule has 3 aromatic rings. The predicted octanol–water partition coefficient (Wildman–Crippen LogP) is 5.95. The SMILES string of the molecule is CCOC(=O)c1cccc(-c2ccc(/C=C(/C#N)c3ccc(Br)cc3)o2)c1. The standard InChI is InChI=1S/C22H16BrNO3/c1-2-26-22(25)17-5-3-4-16(12-17)21-11-10-20(27-21)13-18(14-24)15-6-8-19(23)9-7-15/h3-13H,2H2,1H3/b18-13-. The first-order chi connectivity index (χ1) is 13.1. The number of esters is 1. The highest BCUT2D eigenvalue weighted by Gasteiger charge is 2.10. The van der Waals surface area contributed by atoms with Crippen molar-refractivity contribution in [1.82, 2.24) is 0 Å². The molecule has 4 nitrogen and oxygen atoms in total. The maximum Gasteiger partial charge on any atom is 0.338 e. The molecule has 27 heavy (non-hydrogen) atoms. The fourth-order valence-corrected chi connectivity index (χ4v) is 2.82. The number of nitriles is 1. The summed E-state index contributed by atoms with van der Waals surface area (Å²) in [6, 6.07) is 20.4. The summed E-state index contributed by atoms with van der Waals surface area (Å²) < 4.78 is 11.8. The second-order valence-electron chi connectivity index (χ2n) is 5.68. The van der Waals surface area contributed by atoms with E-state index in [0.717, 1.165) is 15.6 Å². The van der Waals surface area contributed by atoms with Crippen LogP contribution >= 0.6 is 15.9 Å². The lowest BCUT2D eigenvalue weighted by atomic mass is 10.1. The number of ether oxygens (including phenoxy) is 1. The van der Waals surface area contributed by atoms with Gasteiger partial charge in [0, 0.05) is 10.0 Å². The third-order valence-electron chi connectivity index (χ3n) is 3.85. The van der Waals surface area contributed by atoms with Crippen LogP contribution in [0.5, 0.6) is 0 Å². The number of carbonyl (C=O) groups is 1. The average Bonchev–Trinajstić information content (AvgIpc) is 3.16. The smallest absolute Gasteiger partial charge is 0.338 e. The van der Waals surface area contributed by atoms with Gasteiger partial charge < -0.3 is 9.15 Å². The number of rotatable bonds is 5. The molecular formula is C22H16BrNO3. The van der Waals surface area contributed by atoms with Crippen molar-refractivity contribution in [2.75, 3.05) is 6.61 Å². The summed E-state index contributed by atoms with van der Waals surface area (Å²) in [5, 5.41) is 9.46. The van der Waals surface area contributed by atoms with Gasteiger partial charge >= 0.3 is 5.97 Å². The van der Waals surface area contributed by atoms with E-state index in [0.29, 0.717) is 29.3 Å². The molecule has 0 spiro atoms. The number of hydrogen-bond acceptors (Lipinski definition) is 4. The maximum absolute atomic E-state index is 11.9. The van der Waals surface area contributed by atoms with Gasteiger partial charge in [-0.05, 0) is 55.0 Å². The van der Waals surface area contributed by atoms with Crippen molar-refractivity contribution in [3.8, 4) is 17.4 Å². The third kappa shape index (κ3) is 4.55. The Balaban J connectivity index is 1.88. The minimum atomic E-state index is -0.368. The average molecular weight is 422 g/mol. The van der Waals surface area contributed by atoms with E-state index in [1.807, 2.05) is 36.4 Å². The lowest BCUT2D eigenvalue weighted by molar-refractivity contribution is 0.0526. The normalized spacial score (nSPS) is 11.1. The summed E-state index contributed by atoms with van der Waals surface area (Å²) in [5.74, 6) is 0.805. The largest absolute Gasteiger partial charge is 0.462 e. The summed E-state index contributed by atoms with van der Waals surface area (Å²) in [5.41, 5.74) is 2.55. The zero-order chi connectivity index (χ0) is 19.2. The monoisotopic (exact) mass is 421 g/mol. The Bertz CT molecular complexity index is 1030. The van der Waals surface area contributed by atoms with E-state index in [1.165, 1.54) is 0 Å². The molecule has 2 aromatic carbocycles. The quantitative estimate of drug-likeness (QED) is 0.377. The Labute approximate surface area is 165 Å². The summed E-state index contributed by atoms with van der Waals surface area (Å²) in [4.78, 5) is 11.9. The number of furan rings is 1. The van der Waals surface area contributed by atoms with Crippen molar-refractivity contribution in [3.05, 3.63) is 82.0 Å². The van der Waals surface area contributed by atoms with E-state index in [1.54, 1.807) is 37.3 Å². The van der Waals surface area contributed by atoms with Crippen LogP contribution in [0.15, 0.2) is 69.6 Å². The molecule has 0 bridgehead atoms. The topological polar surface area (TPSA) is 63.2 Å². The van der Waals surface area contributed by atoms with Gasteiger partial charge in [-0.1, -0.05) is 40.2 Å². The van der Waals surface area contributed by atoms with Crippen LogP contribution < -0.4 is 0 Å².